The van der Waals surface area contributed by atoms with E-state index in [-0.39, 0.29) is 112 Å². The Morgan fingerprint density at radius 2 is 0.822 bits per heavy atom. The summed E-state index contributed by atoms with van der Waals surface area (Å²) < 4.78 is 11.9. The second kappa shape index (κ2) is 27.6. The number of nitrogens with one attached hydrogen (secondary N) is 10. The average molecular weight is 1300 g/mol. The molecule has 0 fully saturated rings. The molecule has 14 N–H and O–H groups in total. The van der Waals surface area contributed by atoms with Crippen molar-refractivity contribution in [1.82, 2.24) is 62.7 Å². The van der Waals surface area contributed by atoms with Crippen molar-refractivity contribution in [3.63, 3.8) is 0 Å². The van der Waals surface area contributed by atoms with Crippen molar-refractivity contribution in [3.8, 4) is 0 Å². The number of hydrogen-bond donors (Lipinski definition) is 12. The highest BCUT2D eigenvalue weighted by atomic mass is 79.9. The molecule has 1 atom stereocenters. The normalized spacial score (nSPS) is 11.3. The summed E-state index contributed by atoms with van der Waals surface area (Å²) in [7, 11) is 12.8. The molecular formula is C56H65BrN22O11. The minimum absolute atomic E-state index is 0.00633. The maximum absolute atomic E-state index is 13.5. The molecule has 472 valence electrons. The molecule has 0 aliphatic heterocycles. The molecule has 0 aromatic carbocycles. The van der Waals surface area contributed by atoms with Crippen LogP contribution in [0, 0.1) is 0 Å². The lowest BCUT2D eigenvalue weighted by Crippen LogP contribution is -2.39. The third-order valence-corrected chi connectivity index (χ3v) is 14.6. The van der Waals surface area contributed by atoms with Gasteiger partial charge in [0.25, 0.3) is 47.3 Å². The lowest BCUT2D eigenvalue weighted by molar-refractivity contribution is -0.118. The van der Waals surface area contributed by atoms with E-state index in [2.05, 4.69) is 79.2 Å². The second-order valence-electron chi connectivity index (χ2n) is 20.8. The zero-order valence-electron chi connectivity index (χ0n) is 49.9. The molecule has 0 unspecified atom stereocenters. The number of halogens is 1. The fourth-order valence-corrected chi connectivity index (χ4v) is 9.94. The van der Waals surface area contributed by atoms with Crippen molar-refractivity contribution in [2.45, 2.75) is 25.3 Å². The van der Waals surface area contributed by atoms with Crippen molar-refractivity contribution < 1.29 is 52.7 Å². The van der Waals surface area contributed by atoms with Crippen LogP contribution in [0.2, 0.25) is 0 Å². The highest BCUT2D eigenvalue weighted by Gasteiger charge is 2.26. The molecular weight excluding hydrogens is 1240 g/mol. The van der Waals surface area contributed by atoms with Crippen LogP contribution in [0.25, 0.3) is 0 Å². The number of nitrogens with zero attached hydrogens (tertiary/aromatic N) is 10. The number of carbonyl (C=O) groups is 11. The maximum atomic E-state index is 13.5. The molecule has 0 radical (unpaired) electrons. The molecule has 8 aromatic rings. The fourth-order valence-electron chi connectivity index (χ4n) is 9.32. The van der Waals surface area contributed by atoms with Crippen molar-refractivity contribution in [1.29, 1.82) is 0 Å². The standard InChI is InChI=1S/C56H65BrN22O11/c1-72-16-15-60-48(72)56(90)69-34-20-39(76(5)28-34)52(86)63-14-11-43(81)70-47-44(57)45(79(8)71-47)55(89)68-33-19-38(75(4)27-33)50(84)61-12-9-35(58)49(83)65-30-21-40(77(6)24-30)53(87)67-32-22-41(78(7)26-32)54(88)66-31-18-37(74(3)25-31)51(85)62-13-10-42(80)64-29-17-36(46(59)82)73(2)23-29/h15-28,35H,9-14,58H2,1-8H3,(H2,59,82)(H,61,84)(H,62,85)(H,63,86)(H,64,80)(H,65,83)(H,66,88)(H,67,87)(H,68,89)(H,69,90)(H,70,71,81)/t35-/m1/s1. The van der Waals surface area contributed by atoms with Crippen LogP contribution in [-0.2, 0) is 70.8 Å². The van der Waals surface area contributed by atoms with E-state index in [9.17, 15) is 52.7 Å². The monoisotopic (exact) mass is 1300 g/mol. The minimum atomic E-state index is -1.09. The number of nitrogens with two attached hydrogens (primary N) is 2. The van der Waals surface area contributed by atoms with E-state index < -0.39 is 71.0 Å². The molecule has 0 saturated carbocycles. The first-order chi connectivity index (χ1) is 42.6. The summed E-state index contributed by atoms with van der Waals surface area (Å²) in [6, 6.07) is 7.63. The highest BCUT2D eigenvalue weighted by molar-refractivity contribution is 9.10. The van der Waals surface area contributed by atoms with Crippen LogP contribution in [0.1, 0.15) is 103 Å². The molecule has 8 aromatic heterocycles. The minimum Gasteiger partial charge on any atom is -0.364 e. The number of carbonyl (C=O) groups excluding carboxylic acids is 11. The molecule has 8 heterocycles. The Labute approximate surface area is 520 Å². The summed E-state index contributed by atoms with van der Waals surface area (Å²) in [5.41, 5.74) is 14.5. The first-order valence-electron chi connectivity index (χ1n) is 27.4. The van der Waals surface area contributed by atoms with Gasteiger partial charge < -0.3 is 96.6 Å². The van der Waals surface area contributed by atoms with E-state index in [0.717, 1.165) is 0 Å². The third kappa shape index (κ3) is 15.4. The largest absolute Gasteiger partial charge is 0.364 e. The van der Waals surface area contributed by atoms with Crippen LogP contribution in [0.4, 0.5) is 39.9 Å². The molecule has 34 heteroatoms. The summed E-state index contributed by atoms with van der Waals surface area (Å²) in [6.45, 7) is -0.0741. The van der Waals surface area contributed by atoms with Gasteiger partial charge in [-0.1, -0.05) is 0 Å². The number of hydrogen-bond acceptors (Lipinski definition) is 14. The Morgan fingerprint density at radius 1 is 0.456 bits per heavy atom. The van der Waals surface area contributed by atoms with Crippen LogP contribution < -0.4 is 64.6 Å². The topological polar surface area (TPSA) is 425 Å². The van der Waals surface area contributed by atoms with Gasteiger partial charge in [0.15, 0.2) is 11.6 Å². The predicted octanol–water partition coefficient (Wildman–Crippen LogP) is 1.66. The van der Waals surface area contributed by atoms with Crippen molar-refractivity contribution in [2.24, 2.45) is 67.8 Å². The first-order valence-corrected chi connectivity index (χ1v) is 28.2. The lowest BCUT2D eigenvalue weighted by Gasteiger charge is -2.12. The highest BCUT2D eigenvalue weighted by Crippen LogP contribution is 2.28. The summed E-state index contributed by atoms with van der Waals surface area (Å²) in [5, 5.41) is 31.2. The van der Waals surface area contributed by atoms with E-state index >= 15 is 0 Å². The first kappa shape index (κ1) is 64.7. The number of anilines is 7. The quantitative estimate of drug-likeness (QED) is 0.0387. The van der Waals surface area contributed by atoms with Crippen molar-refractivity contribution in [3.05, 3.63) is 136 Å². The fraction of sp³-hybridized carbons (Fsp3) is 0.268. The Morgan fingerprint density at radius 3 is 1.24 bits per heavy atom. The molecule has 0 aliphatic carbocycles. The van der Waals surface area contributed by atoms with Gasteiger partial charge in [0.1, 0.15) is 39.9 Å². The van der Waals surface area contributed by atoms with Gasteiger partial charge in [-0.2, -0.15) is 5.10 Å². The Bertz CT molecular complexity index is 4160. The average Bonchev–Trinajstić information content (AvgIpc) is 2.67. The molecule has 0 spiro atoms. The van der Waals surface area contributed by atoms with Crippen LogP contribution in [0.15, 0.2) is 90.4 Å². The Kier molecular flexibility index (Phi) is 19.8. The summed E-state index contributed by atoms with van der Waals surface area (Å²) in [6.07, 6.45) is 12.1. The maximum Gasteiger partial charge on any atom is 0.291 e. The number of aromatic nitrogens is 10. The summed E-state index contributed by atoms with van der Waals surface area (Å²) in [5.74, 6) is -5.65. The zero-order chi connectivity index (χ0) is 65.4. The van der Waals surface area contributed by atoms with E-state index in [1.807, 2.05) is 0 Å². The van der Waals surface area contributed by atoms with Crippen LogP contribution in [0.5, 0.6) is 0 Å². The SMILES string of the molecule is Cn1cc(NC(=O)CCNC(=O)c2cc(NC(=O)c3cc(NC(=O)c4cc(NC(=O)[C@H](N)CCNC(=O)c5cc(NC(=O)c6c(Br)c(NC(=O)CCNC(=O)c7cc(NC(=O)c8nccn8C)cn7C)nn6C)cn5C)cn4C)cn3C)cn2C)cc1C(N)=O. The van der Waals surface area contributed by atoms with Crippen molar-refractivity contribution in [2.75, 3.05) is 56.9 Å². The van der Waals surface area contributed by atoms with E-state index in [1.165, 1.54) is 113 Å². The second-order valence-corrected chi connectivity index (χ2v) is 21.6. The van der Waals surface area contributed by atoms with Gasteiger partial charge in [0.2, 0.25) is 17.7 Å². The zero-order valence-corrected chi connectivity index (χ0v) is 51.5. The Balaban J connectivity index is 0.744. The molecule has 8 rings (SSSR count). The molecule has 11 amide bonds. The number of aryl methyl sites for hydroxylation is 8. The number of imidazole rings is 1. The predicted molar refractivity (Wildman–Crippen MR) is 332 cm³/mol. The van der Waals surface area contributed by atoms with E-state index in [4.69, 9.17) is 11.5 Å². The molecule has 0 saturated heterocycles. The number of amides is 11. The van der Waals surface area contributed by atoms with Gasteiger partial charge in [0, 0.05) is 138 Å². The molecule has 0 bridgehead atoms. The third-order valence-electron chi connectivity index (χ3n) is 13.9. The lowest BCUT2D eigenvalue weighted by atomic mass is 10.2. The Hall–Kier alpha value is -11.3. The molecule has 0 aliphatic rings. The van der Waals surface area contributed by atoms with Gasteiger partial charge in [-0.05, 0) is 58.7 Å². The van der Waals surface area contributed by atoms with E-state index in [1.54, 1.807) is 66.3 Å². The smallest absolute Gasteiger partial charge is 0.291 e. The summed E-state index contributed by atoms with van der Waals surface area (Å²) in [4.78, 5) is 146. The van der Waals surface area contributed by atoms with Gasteiger partial charge in [-0.15, -0.1) is 0 Å². The van der Waals surface area contributed by atoms with Gasteiger partial charge in [0.05, 0.1) is 44.6 Å². The number of primary amides is 1. The molecule has 90 heavy (non-hydrogen) atoms. The van der Waals surface area contributed by atoms with Crippen molar-refractivity contribution >= 4 is 121 Å². The van der Waals surface area contributed by atoms with E-state index in [0.29, 0.717) is 17.1 Å². The molecule has 33 nitrogen and oxygen atoms in total. The van der Waals surface area contributed by atoms with Gasteiger partial charge in [-0.25, -0.2) is 4.98 Å². The van der Waals surface area contributed by atoms with Gasteiger partial charge >= 0.3 is 0 Å². The van der Waals surface area contributed by atoms with Crippen LogP contribution in [-0.4, -0.2) is 137 Å². The number of rotatable bonds is 25. The van der Waals surface area contributed by atoms with Gasteiger partial charge in [-0.3, -0.25) is 57.4 Å². The van der Waals surface area contributed by atoms with Crippen LogP contribution >= 0.6 is 15.9 Å². The van der Waals surface area contributed by atoms with Crippen LogP contribution in [0.3, 0.4) is 0 Å². The summed E-state index contributed by atoms with van der Waals surface area (Å²) >= 11 is 3.35.